The van der Waals surface area contributed by atoms with Gasteiger partial charge in [0.05, 0.1) is 6.61 Å². The number of nitrogens with zero attached hydrogens (tertiary/aromatic N) is 1. The Hall–Kier alpha value is -1.88. The van der Waals surface area contributed by atoms with E-state index in [2.05, 4.69) is 11.8 Å². The van der Waals surface area contributed by atoms with Crippen LogP contribution in [-0.4, -0.2) is 43.7 Å². The summed E-state index contributed by atoms with van der Waals surface area (Å²) < 4.78 is 11.6. The first-order valence-corrected chi connectivity index (χ1v) is 9.79. The fourth-order valence-corrected chi connectivity index (χ4v) is 4.09. The molecule has 0 aliphatic carbocycles. The third-order valence-corrected chi connectivity index (χ3v) is 5.54. The second-order valence-electron chi connectivity index (χ2n) is 6.97. The largest absolute Gasteiger partial charge is 0.463 e. The van der Waals surface area contributed by atoms with Gasteiger partial charge in [-0.2, -0.15) is 0 Å². The van der Waals surface area contributed by atoms with Gasteiger partial charge in [-0.1, -0.05) is 67.6 Å². The molecule has 0 bridgehead atoms. The summed E-state index contributed by atoms with van der Waals surface area (Å²) in [6.07, 6.45) is 3.27. The van der Waals surface area contributed by atoms with Crippen LogP contribution in [0.5, 0.6) is 0 Å². The molecule has 3 rings (SSSR count). The van der Waals surface area contributed by atoms with Crippen molar-refractivity contribution in [1.29, 1.82) is 0 Å². The Morgan fingerprint density at radius 1 is 1.07 bits per heavy atom. The van der Waals surface area contributed by atoms with Crippen LogP contribution in [0.15, 0.2) is 60.7 Å². The Morgan fingerprint density at radius 2 is 1.64 bits per heavy atom. The Balaban J connectivity index is 0.00000280. The number of esters is 1. The van der Waals surface area contributed by atoms with Gasteiger partial charge in [-0.25, -0.2) is 4.79 Å². The van der Waals surface area contributed by atoms with Gasteiger partial charge in [0.25, 0.3) is 0 Å². The molecule has 1 saturated heterocycles. The minimum atomic E-state index is -1.25. The molecule has 0 radical (unpaired) electrons. The van der Waals surface area contributed by atoms with Crippen molar-refractivity contribution in [3.8, 4) is 0 Å². The maximum Gasteiger partial charge on any atom is 0.347 e. The van der Waals surface area contributed by atoms with Crippen LogP contribution in [0.2, 0.25) is 0 Å². The van der Waals surface area contributed by atoms with Crippen molar-refractivity contribution in [2.24, 2.45) is 0 Å². The van der Waals surface area contributed by atoms with Gasteiger partial charge in [0.2, 0.25) is 5.60 Å². The number of ether oxygens (including phenoxy) is 2. The first-order valence-electron chi connectivity index (χ1n) is 9.79. The van der Waals surface area contributed by atoms with Crippen molar-refractivity contribution in [1.82, 2.24) is 4.90 Å². The molecule has 0 amide bonds. The summed E-state index contributed by atoms with van der Waals surface area (Å²) in [6.45, 7) is 4.79. The van der Waals surface area contributed by atoms with Crippen LogP contribution >= 0.6 is 12.4 Å². The van der Waals surface area contributed by atoms with Crippen molar-refractivity contribution >= 4 is 18.4 Å². The smallest absolute Gasteiger partial charge is 0.347 e. The molecule has 152 valence electrons. The summed E-state index contributed by atoms with van der Waals surface area (Å²) >= 11 is 0. The molecule has 1 heterocycles. The van der Waals surface area contributed by atoms with E-state index in [0.29, 0.717) is 12.6 Å². The third kappa shape index (κ3) is 4.57. The lowest BCUT2D eigenvalue weighted by Crippen LogP contribution is -2.41. The van der Waals surface area contributed by atoms with Crippen LogP contribution in [0, 0.1) is 0 Å². The molecule has 2 aromatic rings. The molecule has 0 saturated carbocycles. The maximum atomic E-state index is 13.3. The van der Waals surface area contributed by atoms with Crippen LogP contribution in [0.4, 0.5) is 0 Å². The molecule has 1 unspecified atom stereocenters. The first kappa shape index (κ1) is 22.4. The zero-order chi connectivity index (χ0) is 19.1. The van der Waals surface area contributed by atoms with Crippen molar-refractivity contribution < 1.29 is 14.3 Å². The monoisotopic (exact) mass is 403 g/mol. The van der Waals surface area contributed by atoms with Crippen molar-refractivity contribution in [3.63, 3.8) is 0 Å². The number of carbonyl (C=O) groups excluding carboxylic acids is 1. The predicted molar refractivity (Wildman–Crippen MR) is 114 cm³/mol. The van der Waals surface area contributed by atoms with E-state index in [0.717, 1.165) is 30.6 Å². The van der Waals surface area contributed by atoms with Crippen LogP contribution in [0.1, 0.15) is 37.3 Å². The minimum absolute atomic E-state index is 0. The van der Waals surface area contributed by atoms with E-state index in [-0.39, 0.29) is 18.4 Å². The average molecular weight is 404 g/mol. The molecule has 1 fully saturated rings. The lowest BCUT2D eigenvalue weighted by molar-refractivity contribution is -0.165. The highest BCUT2D eigenvalue weighted by molar-refractivity contribution is 5.86. The molecule has 28 heavy (non-hydrogen) atoms. The molecule has 1 atom stereocenters. The fourth-order valence-electron chi connectivity index (χ4n) is 4.09. The van der Waals surface area contributed by atoms with Gasteiger partial charge in [0.15, 0.2) is 0 Å². The number of hydrogen-bond donors (Lipinski definition) is 0. The van der Waals surface area contributed by atoms with Gasteiger partial charge in [0, 0.05) is 13.2 Å². The van der Waals surface area contributed by atoms with Crippen LogP contribution in [0.25, 0.3) is 0 Å². The van der Waals surface area contributed by atoms with Gasteiger partial charge < -0.3 is 14.4 Å². The summed E-state index contributed by atoms with van der Waals surface area (Å²) in [5.74, 6) is -0.358. The SMILES string of the molecule is CCN1CCCC1CCOC(=O)C(OC)(c1ccccc1)c1ccccc1.Cl. The maximum absolute atomic E-state index is 13.3. The second-order valence-corrected chi connectivity index (χ2v) is 6.97. The zero-order valence-electron chi connectivity index (χ0n) is 16.7. The Kier molecular flexibility index (Phi) is 8.49. The van der Waals surface area contributed by atoms with Crippen LogP contribution in [-0.2, 0) is 19.9 Å². The lowest BCUT2D eigenvalue weighted by Gasteiger charge is -2.31. The molecule has 4 nitrogen and oxygen atoms in total. The third-order valence-electron chi connectivity index (χ3n) is 5.54. The van der Waals surface area contributed by atoms with Gasteiger partial charge in [-0.05, 0) is 43.5 Å². The summed E-state index contributed by atoms with van der Waals surface area (Å²) in [7, 11) is 1.57. The van der Waals surface area contributed by atoms with E-state index in [1.165, 1.54) is 12.8 Å². The Morgan fingerprint density at radius 3 is 2.14 bits per heavy atom. The predicted octanol–water partition coefficient (Wildman–Crippen LogP) is 4.42. The normalized spacial score (nSPS) is 17.1. The molecule has 0 N–H and O–H groups in total. The Bertz CT molecular complexity index is 684. The molecule has 1 aliphatic heterocycles. The van der Waals surface area contributed by atoms with Crippen molar-refractivity contribution in [3.05, 3.63) is 71.8 Å². The molecule has 5 heteroatoms. The zero-order valence-corrected chi connectivity index (χ0v) is 17.5. The van der Waals surface area contributed by atoms with Gasteiger partial charge in [-0.3, -0.25) is 0 Å². The summed E-state index contributed by atoms with van der Waals surface area (Å²) in [5.41, 5.74) is 0.308. The number of carbonyl (C=O) groups is 1. The number of hydrogen-bond acceptors (Lipinski definition) is 4. The summed E-state index contributed by atoms with van der Waals surface area (Å²) in [6, 6.07) is 19.7. The average Bonchev–Trinajstić information content (AvgIpc) is 3.18. The van der Waals surface area contributed by atoms with E-state index in [9.17, 15) is 4.79 Å². The minimum Gasteiger partial charge on any atom is -0.463 e. The van der Waals surface area contributed by atoms with Gasteiger partial charge >= 0.3 is 5.97 Å². The van der Waals surface area contributed by atoms with Crippen LogP contribution < -0.4 is 0 Å². The van der Waals surface area contributed by atoms with Crippen molar-refractivity contribution in [2.75, 3.05) is 26.8 Å². The molecule has 1 aliphatic rings. The van der Waals surface area contributed by atoms with Crippen LogP contribution in [0.3, 0.4) is 0 Å². The van der Waals surface area contributed by atoms with Crippen molar-refractivity contribution in [2.45, 2.75) is 37.8 Å². The van der Waals surface area contributed by atoms with E-state index in [4.69, 9.17) is 9.47 Å². The second kappa shape index (κ2) is 10.6. The summed E-state index contributed by atoms with van der Waals surface area (Å²) in [5, 5.41) is 0. The van der Waals surface area contributed by atoms with Gasteiger partial charge in [0.1, 0.15) is 0 Å². The highest BCUT2D eigenvalue weighted by Crippen LogP contribution is 2.34. The molecule has 0 spiro atoms. The number of halogens is 1. The van der Waals surface area contributed by atoms with Gasteiger partial charge in [-0.15, -0.1) is 12.4 Å². The van der Waals surface area contributed by atoms with E-state index >= 15 is 0 Å². The first-order chi connectivity index (χ1) is 13.2. The topological polar surface area (TPSA) is 38.8 Å². The van der Waals surface area contributed by atoms with E-state index in [1.807, 2.05) is 60.7 Å². The molecular formula is C23H30ClNO3. The number of likely N-dealkylation sites (tertiary alicyclic amines) is 1. The standard InChI is InChI=1S/C23H29NO3.ClH/c1-3-24-17-10-15-21(24)16-18-27-22(25)23(26-2,19-11-6-4-7-12-19)20-13-8-5-9-14-20;/h4-9,11-14,21H,3,10,15-18H2,1-2H3;1H. The highest BCUT2D eigenvalue weighted by Gasteiger charge is 2.44. The van der Waals surface area contributed by atoms with E-state index in [1.54, 1.807) is 7.11 Å². The molecule has 0 aromatic heterocycles. The number of rotatable bonds is 8. The highest BCUT2D eigenvalue weighted by atomic mass is 35.5. The molecular weight excluding hydrogens is 374 g/mol. The number of benzene rings is 2. The quantitative estimate of drug-likeness (QED) is 0.612. The molecule has 2 aromatic carbocycles. The lowest BCUT2D eigenvalue weighted by atomic mass is 9.86. The Labute approximate surface area is 174 Å². The fraction of sp³-hybridized carbons (Fsp3) is 0.435. The van der Waals surface area contributed by atoms with E-state index < -0.39 is 5.60 Å². The summed E-state index contributed by atoms with van der Waals surface area (Å²) in [4.78, 5) is 15.7. The number of methoxy groups -OCH3 is 1.